The molecule has 0 heterocycles. The van der Waals surface area contributed by atoms with Crippen LogP contribution in [0.25, 0.3) is 16.3 Å². The topological polar surface area (TPSA) is 0 Å². The fourth-order valence-corrected chi connectivity index (χ4v) is 4.81. The van der Waals surface area contributed by atoms with Crippen LogP contribution in [0.5, 0.6) is 0 Å². The average molecular weight is 561 g/mol. The van der Waals surface area contributed by atoms with Crippen LogP contribution in [0, 0.1) is 5.41 Å². The third-order valence-corrected chi connectivity index (χ3v) is 7.15. The highest BCUT2D eigenvalue weighted by Crippen LogP contribution is 2.36. The lowest BCUT2D eigenvalue weighted by molar-refractivity contribution is 0.677. The summed E-state index contributed by atoms with van der Waals surface area (Å²) in [5, 5.41) is 2.47. The Morgan fingerprint density at radius 2 is 1.58 bits per heavy atom. The maximum absolute atomic E-state index is 4.14. The molecule has 2 aromatic carbocycles. The van der Waals surface area contributed by atoms with Gasteiger partial charge in [-0.05, 0) is 72.4 Å². The molecule has 2 aromatic rings. The predicted octanol–water partition coefficient (Wildman–Crippen LogP) is 12.3. The minimum absolute atomic E-state index is 0.394. The molecule has 0 aromatic heterocycles. The van der Waals surface area contributed by atoms with E-state index in [-0.39, 0.29) is 0 Å². The van der Waals surface area contributed by atoms with Crippen molar-refractivity contribution < 1.29 is 0 Å². The molecule has 0 radical (unpaired) electrons. The summed E-state index contributed by atoms with van der Waals surface area (Å²) in [5.74, 6) is 0. The Morgan fingerprint density at radius 1 is 0.767 bits per heavy atom. The van der Waals surface area contributed by atoms with Gasteiger partial charge in [0, 0.05) is 5.41 Å². The van der Waals surface area contributed by atoms with E-state index in [2.05, 4.69) is 180 Å². The monoisotopic (exact) mass is 560 g/mol. The van der Waals surface area contributed by atoms with Gasteiger partial charge in [-0.25, -0.2) is 0 Å². The first kappa shape index (κ1) is 32.6. The molecular weight excluding hydrogens is 516 g/mol. The Morgan fingerprint density at radius 3 is 2.33 bits per heavy atom. The number of rotatable bonds is 10. The van der Waals surface area contributed by atoms with Crippen LogP contribution in [0.2, 0.25) is 0 Å². The van der Waals surface area contributed by atoms with E-state index in [0.717, 1.165) is 22.3 Å². The van der Waals surface area contributed by atoms with Gasteiger partial charge in [-0.3, -0.25) is 0 Å². The first-order valence-electron chi connectivity index (χ1n) is 14.8. The summed E-state index contributed by atoms with van der Waals surface area (Å²) in [6, 6.07) is 15.1. The first-order chi connectivity index (χ1) is 20.9. The third-order valence-electron chi connectivity index (χ3n) is 7.15. The van der Waals surface area contributed by atoms with Crippen molar-refractivity contribution >= 4 is 16.3 Å². The Hall–Kier alpha value is -4.94. The molecule has 1 atom stereocenters. The normalized spacial score (nSPS) is 23.7. The van der Waals surface area contributed by atoms with Crippen LogP contribution in [0.1, 0.15) is 33.3 Å². The molecule has 0 fully saturated rings. The molecule has 0 N–H and O–H groups in total. The minimum Gasteiger partial charge on any atom is -0.0991 e. The average Bonchev–Trinajstić information content (AvgIpc) is 3.05. The van der Waals surface area contributed by atoms with E-state index in [1.165, 1.54) is 21.9 Å². The van der Waals surface area contributed by atoms with Crippen LogP contribution in [0.3, 0.4) is 0 Å². The van der Waals surface area contributed by atoms with E-state index in [0.29, 0.717) is 0 Å². The van der Waals surface area contributed by atoms with Crippen molar-refractivity contribution in [3.05, 3.63) is 211 Å². The quantitative estimate of drug-likeness (QED) is 0.254. The van der Waals surface area contributed by atoms with Gasteiger partial charge in [0.15, 0.2) is 0 Å². The fraction of sp³-hybridized carbons (Fsp3) is 0.116. The summed E-state index contributed by atoms with van der Waals surface area (Å²) in [7, 11) is 0. The highest BCUT2D eigenvalue weighted by atomic mass is 14.3. The second kappa shape index (κ2) is 17.1. The maximum Gasteiger partial charge on any atom is 0.0295 e. The lowest BCUT2D eigenvalue weighted by Crippen LogP contribution is -2.13. The Labute approximate surface area is 259 Å². The third kappa shape index (κ3) is 9.83. The van der Waals surface area contributed by atoms with Crippen LogP contribution in [0.15, 0.2) is 206 Å². The van der Waals surface area contributed by atoms with E-state index in [4.69, 9.17) is 0 Å². The van der Waals surface area contributed by atoms with Gasteiger partial charge in [-0.1, -0.05) is 183 Å². The zero-order valence-electron chi connectivity index (χ0n) is 26.1. The standard InChI is InChI=1S/C43H44/c1-7-11-23-36(10-4)41-28-19-27-37(40-31-30-38-24-15-16-26-39(38)33-40)25-17-18-32-43(6,34-41)42(21-9-3)29-14-12-13-22-35(5)20-8-2/h7-34H,2,4H2,1,3,5-6H3/b11-7-,14-12+,21-9-,22-13-,25-17-,28-19+,32-18+,35-20-,36-23+,37-27+,41-34+,42-29+. The van der Waals surface area contributed by atoms with Crippen molar-refractivity contribution in [2.75, 3.05) is 0 Å². The SMILES string of the molecule is C=C\C=C(C)/C=C\C=C\C=C(/C=C\C)C1(C)/C=C/C=C\C(c2ccc3ccccc3c2)=C/C=C/C(C(/C=C)=C/C=C\C)=C\1. The van der Waals surface area contributed by atoms with E-state index >= 15 is 0 Å². The molecule has 43 heavy (non-hydrogen) atoms. The summed E-state index contributed by atoms with van der Waals surface area (Å²) in [6.07, 6.45) is 44.3. The van der Waals surface area contributed by atoms with E-state index < -0.39 is 5.41 Å². The van der Waals surface area contributed by atoms with Crippen LogP contribution < -0.4 is 0 Å². The second-order valence-corrected chi connectivity index (χ2v) is 10.5. The zero-order valence-corrected chi connectivity index (χ0v) is 26.1. The van der Waals surface area contributed by atoms with Gasteiger partial charge in [0.2, 0.25) is 0 Å². The van der Waals surface area contributed by atoms with Crippen molar-refractivity contribution in [3.8, 4) is 0 Å². The number of allylic oxidation sites excluding steroid dienone is 26. The van der Waals surface area contributed by atoms with E-state index in [1.54, 1.807) is 6.08 Å². The summed E-state index contributed by atoms with van der Waals surface area (Å²) >= 11 is 0. The zero-order chi connectivity index (χ0) is 30.9. The molecular formula is C43H44. The Kier molecular flexibility index (Phi) is 13.0. The van der Waals surface area contributed by atoms with Crippen LogP contribution >= 0.6 is 0 Å². The smallest absolute Gasteiger partial charge is 0.0295 e. The van der Waals surface area contributed by atoms with Gasteiger partial charge in [-0.15, -0.1) is 0 Å². The van der Waals surface area contributed by atoms with Crippen molar-refractivity contribution in [2.45, 2.75) is 27.7 Å². The summed E-state index contributed by atoms with van der Waals surface area (Å²) in [4.78, 5) is 0. The fourth-order valence-electron chi connectivity index (χ4n) is 4.81. The summed E-state index contributed by atoms with van der Waals surface area (Å²) in [5.41, 5.74) is 6.42. The van der Waals surface area contributed by atoms with Crippen molar-refractivity contribution in [1.82, 2.24) is 0 Å². The lowest BCUT2D eigenvalue weighted by atomic mass is 9.78. The minimum atomic E-state index is -0.394. The second-order valence-electron chi connectivity index (χ2n) is 10.5. The highest BCUT2D eigenvalue weighted by molar-refractivity contribution is 5.88. The highest BCUT2D eigenvalue weighted by Gasteiger charge is 2.22. The molecule has 0 heteroatoms. The lowest BCUT2D eigenvalue weighted by Gasteiger charge is -2.26. The summed E-state index contributed by atoms with van der Waals surface area (Å²) < 4.78 is 0. The van der Waals surface area contributed by atoms with Crippen LogP contribution in [-0.2, 0) is 0 Å². The van der Waals surface area contributed by atoms with Crippen molar-refractivity contribution in [3.63, 3.8) is 0 Å². The van der Waals surface area contributed by atoms with Gasteiger partial charge >= 0.3 is 0 Å². The van der Waals surface area contributed by atoms with Crippen molar-refractivity contribution in [2.24, 2.45) is 5.41 Å². The molecule has 0 amide bonds. The number of hydrogen-bond donors (Lipinski definition) is 0. The van der Waals surface area contributed by atoms with Gasteiger partial charge < -0.3 is 0 Å². The molecule has 0 saturated carbocycles. The molecule has 0 nitrogen and oxygen atoms in total. The number of benzene rings is 2. The molecule has 0 bridgehead atoms. The molecule has 0 saturated heterocycles. The molecule has 0 spiro atoms. The van der Waals surface area contributed by atoms with Crippen molar-refractivity contribution in [1.29, 1.82) is 0 Å². The largest absolute Gasteiger partial charge is 0.0991 e. The van der Waals surface area contributed by atoms with Gasteiger partial charge in [0.25, 0.3) is 0 Å². The first-order valence-corrected chi connectivity index (χ1v) is 14.8. The number of fused-ring (bicyclic) bond motifs is 1. The molecule has 1 aliphatic rings. The molecule has 1 aliphatic carbocycles. The Balaban J connectivity index is 2.15. The predicted molar refractivity (Wildman–Crippen MR) is 194 cm³/mol. The number of hydrogen-bond acceptors (Lipinski definition) is 0. The van der Waals surface area contributed by atoms with Gasteiger partial charge in [-0.2, -0.15) is 0 Å². The Bertz CT molecular complexity index is 1660. The summed E-state index contributed by atoms with van der Waals surface area (Å²) in [6.45, 7) is 16.3. The van der Waals surface area contributed by atoms with Gasteiger partial charge in [0.05, 0.1) is 0 Å². The van der Waals surface area contributed by atoms with Crippen LogP contribution in [-0.4, -0.2) is 0 Å². The van der Waals surface area contributed by atoms with E-state index in [9.17, 15) is 0 Å². The molecule has 3 rings (SSSR count). The van der Waals surface area contributed by atoms with E-state index in [1.807, 2.05) is 25.2 Å². The molecule has 1 unspecified atom stereocenters. The molecule has 0 aliphatic heterocycles. The maximum atomic E-state index is 4.14. The van der Waals surface area contributed by atoms with Crippen LogP contribution in [0.4, 0.5) is 0 Å². The van der Waals surface area contributed by atoms with Gasteiger partial charge in [0.1, 0.15) is 0 Å². The molecule has 216 valence electrons.